The molecule has 0 amide bonds. The Bertz CT molecular complexity index is 830. The third-order valence-corrected chi connectivity index (χ3v) is 4.88. The Labute approximate surface area is 196 Å². The molecule has 184 valence electrons. The third-order valence-electron chi connectivity index (χ3n) is 4.88. The van der Waals surface area contributed by atoms with Gasteiger partial charge in [-0.3, -0.25) is 0 Å². The molecule has 2 heterocycles. The summed E-state index contributed by atoms with van der Waals surface area (Å²) < 4.78 is 14.2. The molecule has 1 aromatic heterocycles. The molecule has 2 aliphatic rings. The average Bonchev–Trinajstić information content (AvgIpc) is 3.26. The molecule has 0 bridgehead atoms. The first-order chi connectivity index (χ1) is 15.6. The van der Waals surface area contributed by atoms with Crippen LogP contribution in [-0.4, -0.2) is 24.2 Å². The summed E-state index contributed by atoms with van der Waals surface area (Å²) in [6, 6.07) is 1.62. The summed E-state index contributed by atoms with van der Waals surface area (Å²) in [5.74, 6) is 0.343. The Morgan fingerprint density at radius 3 is 2.06 bits per heavy atom. The fraction of sp³-hybridized carbons (Fsp3) is 0.593. The van der Waals surface area contributed by atoms with Crippen LogP contribution in [0.3, 0.4) is 0 Å². The summed E-state index contributed by atoms with van der Waals surface area (Å²) in [5.41, 5.74) is 12.2. The Kier molecular flexibility index (Phi) is 17.7. The SMILES string of the molecule is CC.CC.CC.CN.CO.Cc1c(F)cc2nc3c(c4c2c1CCC4)CN/C3=C\C(C)C. The minimum atomic E-state index is -0.122. The molecule has 4 N–H and O–H groups in total. The van der Waals surface area contributed by atoms with Crippen molar-refractivity contribution in [2.24, 2.45) is 11.7 Å². The smallest absolute Gasteiger partial charge is 0.128 e. The largest absolute Gasteiger partial charge is 0.400 e. The number of rotatable bonds is 1. The third kappa shape index (κ3) is 7.28. The van der Waals surface area contributed by atoms with Crippen molar-refractivity contribution in [3.8, 4) is 0 Å². The number of aliphatic hydroxyl groups excluding tert-OH is 1. The zero-order chi connectivity index (χ0) is 25.4. The monoisotopic (exact) mass is 449 g/mol. The van der Waals surface area contributed by atoms with Crippen molar-refractivity contribution >= 4 is 16.6 Å². The van der Waals surface area contributed by atoms with Gasteiger partial charge in [0.2, 0.25) is 0 Å². The van der Waals surface area contributed by atoms with Gasteiger partial charge in [-0.25, -0.2) is 9.37 Å². The van der Waals surface area contributed by atoms with Gasteiger partial charge in [-0.2, -0.15) is 0 Å². The number of aryl methyl sites for hydroxylation is 2. The second-order valence-electron chi connectivity index (χ2n) is 6.81. The topological polar surface area (TPSA) is 71.2 Å². The van der Waals surface area contributed by atoms with E-state index in [1.54, 1.807) is 6.07 Å². The van der Waals surface area contributed by atoms with Gasteiger partial charge in [0.25, 0.3) is 0 Å². The predicted molar refractivity (Wildman–Crippen MR) is 140 cm³/mol. The summed E-state index contributed by atoms with van der Waals surface area (Å²) in [5, 5.41) is 11.7. The number of allylic oxidation sites excluding steroid dienone is 1. The highest BCUT2D eigenvalue weighted by Gasteiger charge is 2.27. The fourth-order valence-electron chi connectivity index (χ4n) is 3.88. The highest BCUT2D eigenvalue weighted by Crippen LogP contribution is 2.38. The summed E-state index contributed by atoms with van der Waals surface area (Å²) in [4.78, 5) is 4.82. The highest BCUT2D eigenvalue weighted by molar-refractivity contribution is 5.91. The molecule has 1 aliphatic carbocycles. The van der Waals surface area contributed by atoms with Gasteiger partial charge in [0.05, 0.1) is 16.9 Å². The quantitative estimate of drug-likeness (QED) is 0.463. The molecule has 4 rings (SSSR count). The molecular formula is C27H48FN3O. The van der Waals surface area contributed by atoms with Crippen LogP contribution in [0.4, 0.5) is 4.39 Å². The standard InChI is InChI=1S/C19H21FN2.3C2H6.CH5N.CH4O/c1-10(2)7-17-19-14(9-21-17)13-6-4-5-12-11(3)15(20)8-16(22-19)18(12)13;5*1-2/h7-8,10,21H,4-6,9H2,1-3H3;3*1-2H3;2H2,1H3;2H,1H3/b17-7-;;;;;. The zero-order valence-corrected chi connectivity index (χ0v) is 22.4. The van der Waals surface area contributed by atoms with Gasteiger partial charge in [0.1, 0.15) is 5.82 Å². The number of nitrogens with zero attached hydrogens (tertiary/aromatic N) is 1. The van der Waals surface area contributed by atoms with Crippen LogP contribution in [-0.2, 0) is 19.4 Å². The van der Waals surface area contributed by atoms with Crippen LogP contribution in [0, 0.1) is 18.7 Å². The second-order valence-corrected chi connectivity index (χ2v) is 6.81. The Morgan fingerprint density at radius 2 is 1.53 bits per heavy atom. The molecule has 0 fully saturated rings. The molecule has 0 spiro atoms. The summed E-state index contributed by atoms with van der Waals surface area (Å²) in [6.07, 6.45) is 5.36. The van der Waals surface area contributed by atoms with Crippen LogP contribution in [0.15, 0.2) is 12.1 Å². The molecule has 4 nitrogen and oxygen atoms in total. The lowest BCUT2D eigenvalue weighted by Gasteiger charge is -2.21. The predicted octanol–water partition coefficient (Wildman–Crippen LogP) is 6.53. The normalized spacial score (nSPS) is 13.4. The van der Waals surface area contributed by atoms with Crippen molar-refractivity contribution in [3.63, 3.8) is 0 Å². The molecule has 5 heteroatoms. The molecular weight excluding hydrogens is 401 g/mol. The van der Waals surface area contributed by atoms with Crippen LogP contribution >= 0.6 is 0 Å². The van der Waals surface area contributed by atoms with Gasteiger partial charge in [0.15, 0.2) is 0 Å². The van der Waals surface area contributed by atoms with Crippen LogP contribution in [0.5, 0.6) is 0 Å². The molecule has 0 radical (unpaired) electrons. The van der Waals surface area contributed by atoms with Crippen molar-refractivity contribution in [3.05, 3.63) is 45.9 Å². The lowest BCUT2D eigenvalue weighted by Crippen LogP contribution is -2.09. The van der Waals surface area contributed by atoms with E-state index in [-0.39, 0.29) is 5.82 Å². The van der Waals surface area contributed by atoms with Gasteiger partial charge in [0, 0.05) is 30.7 Å². The lowest BCUT2D eigenvalue weighted by atomic mass is 9.85. The van der Waals surface area contributed by atoms with Crippen molar-refractivity contribution in [1.29, 1.82) is 0 Å². The number of aliphatic hydroxyl groups is 1. The lowest BCUT2D eigenvalue weighted by molar-refractivity contribution is 0.399. The van der Waals surface area contributed by atoms with Crippen molar-refractivity contribution in [2.75, 3.05) is 14.2 Å². The molecule has 0 saturated carbocycles. The molecule has 1 aliphatic heterocycles. The van der Waals surface area contributed by atoms with Gasteiger partial charge in [-0.05, 0) is 55.8 Å². The van der Waals surface area contributed by atoms with Crippen molar-refractivity contribution in [2.45, 2.75) is 88.1 Å². The van der Waals surface area contributed by atoms with Gasteiger partial charge >= 0.3 is 0 Å². The van der Waals surface area contributed by atoms with Crippen LogP contribution in [0.2, 0.25) is 0 Å². The van der Waals surface area contributed by atoms with Gasteiger partial charge in [-0.15, -0.1) is 0 Å². The maximum Gasteiger partial charge on any atom is 0.128 e. The number of halogens is 1. The van der Waals surface area contributed by atoms with E-state index in [9.17, 15) is 4.39 Å². The number of hydrogen-bond acceptors (Lipinski definition) is 4. The number of fused-ring (bicyclic) bond motifs is 2. The van der Waals surface area contributed by atoms with E-state index in [1.807, 2.05) is 48.5 Å². The minimum absolute atomic E-state index is 0.122. The summed E-state index contributed by atoms with van der Waals surface area (Å²) in [6.45, 7) is 19.1. The fourth-order valence-corrected chi connectivity index (χ4v) is 3.88. The maximum atomic E-state index is 14.2. The number of nitrogens with two attached hydrogens (primary N) is 1. The first kappa shape index (κ1) is 32.2. The van der Waals surface area contributed by atoms with E-state index in [0.29, 0.717) is 5.92 Å². The molecule has 2 aromatic rings. The number of hydrogen-bond donors (Lipinski definition) is 3. The van der Waals surface area contributed by atoms with E-state index in [1.165, 1.54) is 29.1 Å². The Hall–Kier alpha value is -1.98. The number of aromatic nitrogens is 1. The summed E-state index contributed by atoms with van der Waals surface area (Å²) in [7, 11) is 2.50. The Balaban J connectivity index is 0. The molecule has 0 unspecified atom stereocenters. The number of benzene rings is 1. The molecule has 0 atom stereocenters. The van der Waals surface area contributed by atoms with E-state index in [4.69, 9.17) is 10.1 Å². The van der Waals surface area contributed by atoms with E-state index in [0.717, 1.165) is 55.4 Å². The molecule has 0 saturated heterocycles. The minimum Gasteiger partial charge on any atom is -0.400 e. The van der Waals surface area contributed by atoms with Crippen molar-refractivity contribution in [1.82, 2.24) is 10.3 Å². The van der Waals surface area contributed by atoms with Crippen molar-refractivity contribution < 1.29 is 9.50 Å². The Morgan fingerprint density at radius 1 is 1.00 bits per heavy atom. The average molecular weight is 450 g/mol. The first-order valence-corrected chi connectivity index (χ1v) is 12.2. The van der Waals surface area contributed by atoms with Crippen LogP contribution < -0.4 is 11.1 Å². The molecule has 32 heavy (non-hydrogen) atoms. The van der Waals surface area contributed by atoms with E-state index >= 15 is 0 Å². The first-order valence-electron chi connectivity index (χ1n) is 12.2. The zero-order valence-electron chi connectivity index (χ0n) is 22.4. The summed E-state index contributed by atoms with van der Waals surface area (Å²) >= 11 is 0. The van der Waals surface area contributed by atoms with Crippen LogP contribution in [0.1, 0.15) is 89.8 Å². The van der Waals surface area contributed by atoms with Gasteiger partial charge < -0.3 is 16.2 Å². The second kappa shape index (κ2) is 17.6. The maximum absolute atomic E-state index is 14.2. The number of nitrogens with one attached hydrogen (secondary N) is 1. The molecule has 1 aromatic carbocycles. The van der Waals surface area contributed by atoms with Gasteiger partial charge in [-0.1, -0.05) is 61.5 Å². The van der Waals surface area contributed by atoms with E-state index in [2.05, 4.69) is 31.0 Å². The van der Waals surface area contributed by atoms with Crippen LogP contribution in [0.25, 0.3) is 16.6 Å². The number of pyridine rings is 1. The van der Waals surface area contributed by atoms with E-state index < -0.39 is 0 Å². The highest BCUT2D eigenvalue weighted by atomic mass is 19.1.